The Morgan fingerprint density at radius 2 is 2.04 bits per heavy atom. The highest BCUT2D eigenvalue weighted by molar-refractivity contribution is 9.10. The van der Waals surface area contributed by atoms with E-state index in [4.69, 9.17) is 44.3 Å². The zero-order valence-electron chi connectivity index (χ0n) is 13.6. The first-order valence-corrected chi connectivity index (χ1v) is 9.35. The molecule has 0 aromatic heterocycles. The molecule has 2 rings (SSSR count). The van der Waals surface area contributed by atoms with E-state index >= 15 is 0 Å². The molecule has 0 saturated heterocycles. The Bertz CT molecular complexity index is 831. The van der Waals surface area contributed by atoms with Crippen LogP contribution in [0.25, 0.3) is 0 Å². The number of nitrogens with zero attached hydrogens (tertiary/aromatic N) is 1. The number of nitrogens with one attached hydrogen (secondary N) is 1. The van der Waals surface area contributed by atoms with Gasteiger partial charge in [-0.3, -0.25) is 4.79 Å². The molecule has 0 unspecified atom stereocenters. The monoisotopic (exact) mass is 478 g/mol. The molecule has 2 aromatic rings. The van der Waals surface area contributed by atoms with E-state index in [2.05, 4.69) is 26.5 Å². The molecule has 9 heteroatoms. The van der Waals surface area contributed by atoms with Gasteiger partial charge in [-0.15, -0.1) is 11.6 Å². The third-order valence-corrected chi connectivity index (χ3v) is 4.71. The molecular formula is C17H14BrCl3N2O3. The number of ether oxygens (including phenoxy) is 2. The normalized spacial score (nSPS) is 10.8. The summed E-state index contributed by atoms with van der Waals surface area (Å²) in [5.74, 6) is 0.479. The zero-order chi connectivity index (χ0) is 19.1. The van der Waals surface area contributed by atoms with Crippen molar-refractivity contribution in [3.8, 4) is 11.5 Å². The second-order valence-corrected chi connectivity index (χ2v) is 6.93. The molecular weight excluding hydrogens is 466 g/mol. The first kappa shape index (κ1) is 20.8. The van der Waals surface area contributed by atoms with Gasteiger partial charge in [0.1, 0.15) is 12.5 Å². The average molecular weight is 481 g/mol. The zero-order valence-corrected chi connectivity index (χ0v) is 17.4. The molecule has 0 aliphatic heterocycles. The van der Waals surface area contributed by atoms with Gasteiger partial charge in [0.05, 0.1) is 27.8 Å². The summed E-state index contributed by atoms with van der Waals surface area (Å²) in [4.78, 5) is 11.1. The number of carbonyl (C=O) groups excluding carboxylic acids is 1. The van der Waals surface area contributed by atoms with Crippen LogP contribution < -0.4 is 14.9 Å². The predicted octanol–water partition coefficient (Wildman–Crippen LogP) is 5.03. The number of hydrazone groups is 1. The quantitative estimate of drug-likeness (QED) is 0.343. The van der Waals surface area contributed by atoms with Crippen LogP contribution in [0.2, 0.25) is 10.0 Å². The molecule has 0 radical (unpaired) electrons. The van der Waals surface area contributed by atoms with Gasteiger partial charge in [0.25, 0.3) is 5.91 Å². The maximum absolute atomic E-state index is 11.1. The Morgan fingerprint density at radius 1 is 1.27 bits per heavy atom. The minimum atomic E-state index is -0.393. The third-order valence-electron chi connectivity index (χ3n) is 3.14. The van der Waals surface area contributed by atoms with E-state index < -0.39 is 5.91 Å². The first-order valence-electron chi connectivity index (χ1n) is 7.26. The van der Waals surface area contributed by atoms with Gasteiger partial charge < -0.3 is 9.47 Å². The highest BCUT2D eigenvalue weighted by Crippen LogP contribution is 2.37. The molecule has 5 nitrogen and oxygen atoms in total. The van der Waals surface area contributed by atoms with E-state index in [0.717, 1.165) is 5.56 Å². The van der Waals surface area contributed by atoms with Crippen LogP contribution in [0.5, 0.6) is 11.5 Å². The highest BCUT2D eigenvalue weighted by Gasteiger charge is 2.12. The topological polar surface area (TPSA) is 59.9 Å². The van der Waals surface area contributed by atoms with Gasteiger partial charge in [0.15, 0.2) is 11.5 Å². The van der Waals surface area contributed by atoms with E-state index in [0.29, 0.717) is 31.6 Å². The molecule has 0 aliphatic rings. The summed E-state index contributed by atoms with van der Waals surface area (Å²) < 4.78 is 11.9. The van der Waals surface area contributed by atoms with E-state index in [-0.39, 0.29) is 12.5 Å². The molecule has 0 saturated carbocycles. The van der Waals surface area contributed by atoms with Crippen molar-refractivity contribution >= 4 is 62.9 Å². The number of alkyl halides is 1. The molecule has 1 amide bonds. The fourth-order valence-corrected chi connectivity index (χ4v) is 2.90. The van der Waals surface area contributed by atoms with Crippen LogP contribution in [-0.4, -0.2) is 25.1 Å². The second-order valence-electron chi connectivity index (χ2n) is 5.00. The maximum Gasteiger partial charge on any atom is 0.254 e. The molecule has 0 heterocycles. The first-order chi connectivity index (χ1) is 12.4. The summed E-state index contributed by atoms with van der Waals surface area (Å²) in [7, 11) is 1.53. The molecule has 0 aliphatic carbocycles. The fourth-order valence-electron chi connectivity index (χ4n) is 1.95. The van der Waals surface area contributed by atoms with Crippen molar-refractivity contribution in [2.75, 3.05) is 13.0 Å². The van der Waals surface area contributed by atoms with Crippen LogP contribution in [0, 0.1) is 0 Å². The molecule has 1 N–H and O–H groups in total. The highest BCUT2D eigenvalue weighted by atomic mass is 79.9. The van der Waals surface area contributed by atoms with Gasteiger partial charge in [-0.2, -0.15) is 5.10 Å². The Hall–Kier alpha value is -1.47. The Morgan fingerprint density at radius 3 is 2.69 bits per heavy atom. The fraction of sp³-hybridized carbons (Fsp3) is 0.176. The van der Waals surface area contributed by atoms with Crippen LogP contribution >= 0.6 is 50.7 Å². The summed E-state index contributed by atoms with van der Waals surface area (Å²) in [6.07, 6.45) is 1.47. The van der Waals surface area contributed by atoms with Crippen LogP contribution in [0.4, 0.5) is 0 Å². The number of halogens is 4. The van der Waals surface area contributed by atoms with Gasteiger partial charge in [-0.25, -0.2) is 5.43 Å². The maximum atomic E-state index is 11.1. The Kier molecular flexibility index (Phi) is 8.03. The summed E-state index contributed by atoms with van der Waals surface area (Å²) >= 11 is 20.8. The molecule has 0 fully saturated rings. The summed E-state index contributed by atoms with van der Waals surface area (Å²) in [6, 6.07) is 8.79. The van der Waals surface area contributed by atoms with Crippen LogP contribution in [0.1, 0.15) is 11.1 Å². The van der Waals surface area contributed by atoms with E-state index in [1.54, 1.807) is 24.3 Å². The van der Waals surface area contributed by atoms with Crippen LogP contribution in [0.15, 0.2) is 39.9 Å². The Balaban J connectivity index is 2.15. The van der Waals surface area contributed by atoms with Crippen molar-refractivity contribution in [2.45, 2.75) is 6.61 Å². The average Bonchev–Trinajstić information content (AvgIpc) is 2.63. The van der Waals surface area contributed by atoms with Crippen molar-refractivity contribution in [3.63, 3.8) is 0 Å². The third kappa shape index (κ3) is 5.77. The minimum absolute atomic E-state index is 0.161. The lowest BCUT2D eigenvalue weighted by atomic mass is 10.2. The Labute approximate surface area is 174 Å². The molecule has 26 heavy (non-hydrogen) atoms. The van der Waals surface area contributed by atoms with E-state index in [9.17, 15) is 4.79 Å². The van der Waals surface area contributed by atoms with Crippen molar-refractivity contribution < 1.29 is 14.3 Å². The van der Waals surface area contributed by atoms with Crippen molar-refractivity contribution in [2.24, 2.45) is 5.10 Å². The number of hydrogen-bond acceptors (Lipinski definition) is 4. The molecule has 0 bridgehead atoms. The number of carbonyl (C=O) groups is 1. The van der Waals surface area contributed by atoms with Gasteiger partial charge in [-0.1, -0.05) is 29.3 Å². The van der Waals surface area contributed by atoms with E-state index in [1.165, 1.54) is 13.3 Å². The number of benzene rings is 2. The SMILES string of the molecule is COc1cc(/C=N\NC(=O)CCl)cc(Br)c1OCc1ccc(Cl)c(Cl)c1. The number of methoxy groups -OCH3 is 1. The molecule has 2 aromatic carbocycles. The van der Waals surface area contributed by atoms with Crippen molar-refractivity contribution in [1.82, 2.24) is 5.43 Å². The standard InChI is InChI=1S/C17H14BrCl3N2O3/c1-25-15-6-11(8-22-23-16(24)7-19)4-12(18)17(15)26-9-10-2-3-13(20)14(21)5-10/h2-6,8H,7,9H2,1H3,(H,23,24)/b22-8-. The van der Waals surface area contributed by atoms with Gasteiger partial charge in [0.2, 0.25) is 0 Å². The summed E-state index contributed by atoms with van der Waals surface area (Å²) in [5, 5.41) is 4.76. The molecule has 0 atom stereocenters. The smallest absolute Gasteiger partial charge is 0.254 e. The molecule has 138 valence electrons. The number of amides is 1. The van der Waals surface area contributed by atoms with Crippen molar-refractivity contribution in [3.05, 3.63) is 56.0 Å². The van der Waals surface area contributed by atoms with Crippen molar-refractivity contribution in [1.29, 1.82) is 0 Å². The number of hydrogen-bond donors (Lipinski definition) is 1. The largest absolute Gasteiger partial charge is 0.493 e. The number of rotatable bonds is 7. The van der Waals surface area contributed by atoms with Crippen LogP contribution in [0.3, 0.4) is 0 Å². The lowest BCUT2D eigenvalue weighted by Gasteiger charge is -2.14. The molecule has 0 spiro atoms. The minimum Gasteiger partial charge on any atom is -0.493 e. The predicted molar refractivity (Wildman–Crippen MR) is 108 cm³/mol. The lowest BCUT2D eigenvalue weighted by molar-refractivity contribution is -0.118. The summed E-state index contributed by atoms with van der Waals surface area (Å²) in [5.41, 5.74) is 3.86. The second kappa shape index (κ2) is 10.0. The van der Waals surface area contributed by atoms with Crippen LogP contribution in [-0.2, 0) is 11.4 Å². The van der Waals surface area contributed by atoms with E-state index in [1.807, 2.05) is 6.07 Å². The van der Waals surface area contributed by atoms with Gasteiger partial charge in [0, 0.05) is 0 Å². The van der Waals surface area contributed by atoms with Gasteiger partial charge in [-0.05, 0) is 51.3 Å². The summed E-state index contributed by atoms with van der Waals surface area (Å²) in [6.45, 7) is 0.283. The lowest BCUT2D eigenvalue weighted by Crippen LogP contribution is -2.18. The van der Waals surface area contributed by atoms with Gasteiger partial charge >= 0.3 is 0 Å².